The molecule has 106 valence electrons. The number of hydrogen-bond donors (Lipinski definition) is 2. The van der Waals surface area contributed by atoms with Crippen molar-refractivity contribution in [3.8, 4) is 11.5 Å². The van der Waals surface area contributed by atoms with E-state index in [4.69, 9.17) is 15.2 Å². The molecule has 1 saturated carbocycles. The number of benzene rings is 1. The first-order valence-corrected chi connectivity index (χ1v) is 6.84. The van der Waals surface area contributed by atoms with Crippen LogP contribution in [-0.4, -0.2) is 27.3 Å². The smallest absolute Gasteiger partial charge is 0.122 e. The van der Waals surface area contributed by atoms with Gasteiger partial charge in [0, 0.05) is 18.7 Å². The number of rotatable bonds is 7. The fourth-order valence-electron chi connectivity index (χ4n) is 2.35. The highest BCUT2D eigenvalue weighted by Crippen LogP contribution is 2.37. The van der Waals surface area contributed by atoms with Crippen molar-refractivity contribution in [3.63, 3.8) is 0 Å². The van der Waals surface area contributed by atoms with Gasteiger partial charge in [-0.2, -0.15) is 0 Å². The van der Waals surface area contributed by atoms with E-state index in [9.17, 15) is 0 Å². The van der Waals surface area contributed by atoms with Crippen LogP contribution in [0.15, 0.2) is 18.2 Å². The molecule has 0 bridgehead atoms. The molecule has 3 N–H and O–H groups in total. The summed E-state index contributed by atoms with van der Waals surface area (Å²) in [6, 6.07) is 6.06. The molecule has 4 heteroatoms. The minimum Gasteiger partial charge on any atom is -0.497 e. The summed E-state index contributed by atoms with van der Waals surface area (Å²) in [5.41, 5.74) is 7.00. The van der Waals surface area contributed by atoms with E-state index < -0.39 is 0 Å². The van der Waals surface area contributed by atoms with Gasteiger partial charge < -0.3 is 20.5 Å². The number of methoxy groups -OCH3 is 2. The van der Waals surface area contributed by atoms with Gasteiger partial charge in [-0.25, -0.2) is 0 Å². The molecule has 0 saturated heterocycles. The zero-order valence-corrected chi connectivity index (χ0v) is 12.0. The Hall–Kier alpha value is -1.26. The maximum atomic E-state index is 5.88. The molecular weight excluding hydrogens is 240 g/mol. The quantitative estimate of drug-likeness (QED) is 0.790. The molecule has 1 aromatic carbocycles. The summed E-state index contributed by atoms with van der Waals surface area (Å²) in [6.07, 6.45) is 1.33. The van der Waals surface area contributed by atoms with E-state index in [2.05, 4.69) is 12.2 Å². The third-order valence-corrected chi connectivity index (χ3v) is 3.91. The van der Waals surface area contributed by atoms with Gasteiger partial charge in [0.15, 0.2) is 0 Å². The van der Waals surface area contributed by atoms with Crippen LogP contribution in [-0.2, 0) is 0 Å². The molecule has 0 spiro atoms. The zero-order valence-electron chi connectivity index (χ0n) is 12.0. The maximum absolute atomic E-state index is 5.88. The molecule has 3 unspecified atom stereocenters. The standard InChI is InChI=1S/C15H24N2O2/c1-10-4-12(10)9-17-15(8-16)11-5-13(18-2)7-14(6-11)19-3/h5-7,10,12,15,17H,4,8-9,16H2,1-3H3. The van der Waals surface area contributed by atoms with Crippen LogP contribution in [0.25, 0.3) is 0 Å². The van der Waals surface area contributed by atoms with E-state index in [0.717, 1.165) is 35.4 Å². The molecule has 1 aromatic rings. The Balaban J connectivity index is 2.07. The van der Waals surface area contributed by atoms with Gasteiger partial charge in [0.1, 0.15) is 11.5 Å². The topological polar surface area (TPSA) is 56.5 Å². The van der Waals surface area contributed by atoms with Gasteiger partial charge in [-0.15, -0.1) is 0 Å². The van der Waals surface area contributed by atoms with Crippen LogP contribution in [0.5, 0.6) is 11.5 Å². The first kappa shape index (κ1) is 14.2. The largest absolute Gasteiger partial charge is 0.497 e. The van der Waals surface area contributed by atoms with Gasteiger partial charge in [0.25, 0.3) is 0 Å². The van der Waals surface area contributed by atoms with Gasteiger partial charge in [0.05, 0.1) is 14.2 Å². The van der Waals surface area contributed by atoms with E-state index in [1.807, 2.05) is 18.2 Å². The van der Waals surface area contributed by atoms with Crippen molar-refractivity contribution in [3.05, 3.63) is 23.8 Å². The van der Waals surface area contributed by atoms with Gasteiger partial charge in [-0.1, -0.05) is 6.92 Å². The van der Waals surface area contributed by atoms with Crippen molar-refractivity contribution in [1.82, 2.24) is 5.32 Å². The summed E-state index contributed by atoms with van der Waals surface area (Å²) >= 11 is 0. The first-order chi connectivity index (χ1) is 9.17. The van der Waals surface area contributed by atoms with Crippen LogP contribution >= 0.6 is 0 Å². The van der Waals surface area contributed by atoms with Crippen LogP contribution < -0.4 is 20.5 Å². The number of hydrogen-bond acceptors (Lipinski definition) is 4. The molecule has 4 nitrogen and oxygen atoms in total. The lowest BCUT2D eigenvalue weighted by Gasteiger charge is -2.19. The van der Waals surface area contributed by atoms with Crippen molar-refractivity contribution in [2.24, 2.45) is 17.6 Å². The van der Waals surface area contributed by atoms with Crippen LogP contribution in [0.1, 0.15) is 24.9 Å². The highest BCUT2D eigenvalue weighted by molar-refractivity contribution is 5.40. The normalized spacial score (nSPS) is 22.9. The highest BCUT2D eigenvalue weighted by atomic mass is 16.5. The van der Waals surface area contributed by atoms with Crippen LogP contribution in [0.2, 0.25) is 0 Å². The van der Waals surface area contributed by atoms with E-state index in [0.29, 0.717) is 6.54 Å². The second-order valence-electron chi connectivity index (χ2n) is 5.32. The Morgan fingerprint density at radius 1 is 1.26 bits per heavy atom. The van der Waals surface area contributed by atoms with Crippen molar-refractivity contribution < 1.29 is 9.47 Å². The highest BCUT2D eigenvalue weighted by Gasteiger charge is 2.32. The van der Waals surface area contributed by atoms with Gasteiger partial charge >= 0.3 is 0 Å². The van der Waals surface area contributed by atoms with Crippen LogP contribution in [0.3, 0.4) is 0 Å². The summed E-state index contributed by atoms with van der Waals surface area (Å²) in [6.45, 7) is 3.89. The summed E-state index contributed by atoms with van der Waals surface area (Å²) in [5.74, 6) is 3.26. The molecule has 0 aliphatic heterocycles. The lowest BCUT2D eigenvalue weighted by Crippen LogP contribution is -2.30. The molecule has 0 heterocycles. The molecule has 1 fully saturated rings. The Labute approximate surface area is 115 Å². The third-order valence-electron chi connectivity index (χ3n) is 3.91. The van der Waals surface area contributed by atoms with Crippen molar-refractivity contribution >= 4 is 0 Å². The van der Waals surface area contributed by atoms with Gasteiger partial charge in [-0.05, 0) is 42.5 Å². The summed E-state index contributed by atoms with van der Waals surface area (Å²) in [4.78, 5) is 0. The summed E-state index contributed by atoms with van der Waals surface area (Å²) < 4.78 is 10.6. The average Bonchev–Trinajstić information content (AvgIpc) is 3.14. The van der Waals surface area contributed by atoms with Gasteiger partial charge in [0.2, 0.25) is 0 Å². The van der Waals surface area contributed by atoms with Crippen LogP contribution in [0.4, 0.5) is 0 Å². The lowest BCUT2D eigenvalue weighted by molar-refractivity contribution is 0.391. The second kappa shape index (κ2) is 6.26. The fourth-order valence-corrected chi connectivity index (χ4v) is 2.35. The summed E-state index contributed by atoms with van der Waals surface area (Å²) in [5, 5.41) is 3.54. The molecule has 3 atom stereocenters. The molecular formula is C15H24N2O2. The van der Waals surface area contributed by atoms with E-state index in [-0.39, 0.29) is 6.04 Å². The molecule has 1 aliphatic carbocycles. The molecule has 0 amide bonds. The monoisotopic (exact) mass is 264 g/mol. The Morgan fingerprint density at radius 2 is 1.84 bits per heavy atom. The Morgan fingerprint density at radius 3 is 2.26 bits per heavy atom. The molecule has 1 aliphatic rings. The van der Waals surface area contributed by atoms with E-state index >= 15 is 0 Å². The van der Waals surface area contributed by atoms with E-state index in [1.54, 1.807) is 14.2 Å². The molecule has 0 aromatic heterocycles. The van der Waals surface area contributed by atoms with Crippen LogP contribution in [0, 0.1) is 11.8 Å². The maximum Gasteiger partial charge on any atom is 0.122 e. The summed E-state index contributed by atoms with van der Waals surface area (Å²) in [7, 11) is 3.32. The predicted molar refractivity (Wildman–Crippen MR) is 76.6 cm³/mol. The minimum atomic E-state index is 0.150. The van der Waals surface area contributed by atoms with Crippen molar-refractivity contribution in [2.45, 2.75) is 19.4 Å². The number of ether oxygens (including phenoxy) is 2. The Bertz CT molecular complexity index is 400. The van der Waals surface area contributed by atoms with Crippen molar-refractivity contribution in [1.29, 1.82) is 0 Å². The van der Waals surface area contributed by atoms with E-state index in [1.165, 1.54) is 6.42 Å². The lowest BCUT2D eigenvalue weighted by atomic mass is 10.1. The molecule has 2 rings (SSSR count). The SMILES string of the molecule is COc1cc(OC)cc(C(CN)NCC2CC2C)c1. The average molecular weight is 264 g/mol. The molecule has 0 radical (unpaired) electrons. The third kappa shape index (κ3) is 3.61. The molecule has 19 heavy (non-hydrogen) atoms. The number of nitrogens with one attached hydrogen (secondary N) is 1. The fraction of sp³-hybridized carbons (Fsp3) is 0.600. The first-order valence-electron chi connectivity index (χ1n) is 6.84. The second-order valence-corrected chi connectivity index (χ2v) is 5.32. The van der Waals surface area contributed by atoms with Gasteiger partial charge in [-0.3, -0.25) is 0 Å². The predicted octanol–water partition coefficient (Wildman–Crippen LogP) is 1.95. The zero-order chi connectivity index (χ0) is 13.8. The number of nitrogens with two attached hydrogens (primary N) is 1. The minimum absolute atomic E-state index is 0.150. The van der Waals surface area contributed by atoms with Crippen molar-refractivity contribution in [2.75, 3.05) is 27.3 Å². The Kier molecular flexibility index (Phi) is 4.66.